The van der Waals surface area contributed by atoms with Crippen LogP contribution in [0.1, 0.15) is 46.5 Å². The van der Waals surface area contributed by atoms with Crippen molar-refractivity contribution < 1.29 is 44.1 Å². The van der Waals surface area contributed by atoms with E-state index in [9.17, 15) is 39.0 Å². The molecule has 6 atom stereocenters. The van der Waals surface area contributed by atoms with E-state index in [0.717, 1.165) is 6.92 Å². The number of hydrogen-bond donors (Lipinski definition) is 8. The molecule has 0 saturated carbocycles. The van der Waals surface area contributed by atoms with Gasteiger partial charge in [0.1, 0.15) is 18.1 Å². The number of aliphatic hydroxyl groups is 1. The molecule has 0 spiro atoms. The summed E-state index contributed by atoms with van der Waals surface area (Å²) in [5, 5.41) is 34.8. The molecule has 0 aromatic heterocycles. The summed E-state index contributed by atoms with van der Waals surface area (Å²) in [6.07, 6.45) is -2.27. The molecule has 33 heavy (non-hydrogen) atoms. The Hall–Kier alpha value is -3.26. The summed E-state index contributed by atoms with van der Waals surface area (Å²) in [7, 11) is 0. The summed E-state index contributed by atoms with van der Waals surface area (Å²) in [5.41, 5.74) is 10.6. The van der Waals surface area contributed by atoms with Gasteiger partial charge in [-0.3, -0.25) is 24.0 Å². The highest BCUT2D eigenvalue weighted by Gasteiger charge is 2.34. The zero-order valence-electron chi connectivity index (χ0n) is 18.7. The summed E-state index contributed by atoms with van der Waals surface area (Å²) in [6, 6.07) is -5.86. The summed E-state index contributed by atoms with van der Waals surface area (Å²) < 4.78 is 0. The molecular formula is C19H33N5O9. The maximum atomic E-state index is 12.6. The summed E-state index contributed by atoms with van der Waals surface area (Å²) in [4.78, 5) is 70.8. The van der Waals surface area contributed by atoms with E-state index in [1.165, 1.54) is 0 Å². The molecule has 10 N–H and O–H groups in total. The topological polar surface area (TPSA) is 251 Å². The molecule has 0 bridgehead atoms. The quantitative estimate of drug-likeness (QED) is 0.119. The normalized spacial score (nSPS) is 16.3. The van der Waals surface area contributed by atoms with Crippen LogP contribution < -0.4 is 27.4 Å². The van der Waals surface area contributed by atoms with E-state index in [1.54, 1.807) is 13.8 Å². The van der Waals surface area contributed by atoms with Crippen LogP contribution in [-0.4, -0.2) is 81.2 Å². The van der Waals surface area contributed by atoms with Gasteiger partial charge >= 0.3 is 11.9 Å². The van der Waals surface area contributed by atoms with Crippen molar-refractivity contribution in [2.24, 2.45) is 17.4 Å². The zero-order valence-corrected chi connectivity index (χ0v) is 18.7. The average molecular weight is 475 g/mol. The summed E-state index contributed by atoms with van der Waals surface area (Å²) in [6.45, 7) is 4.44. The largest absolute Gasteiger partial charge is 0.481 e. The van der Waals surface area contributed by atoms with Crippen molar-refractivity contribution >= 4 is 35.6 Å². The number of aliphatic carboxylic acids is 2. The van der Waals surface area contributed by atoms with Crippen LogP contribution in [0.2, 0.25) is 0 Å². The average Bonchev–Trinajstić information content (AvgIpc) is 2.71. The van der Waals surface area contributed by atoms with Gasteiger partial charge in [0.2, 0.25) is 23.6 Å². The maximum Gasteiger partial charge on any atom is 0.326 e. The minimum atomic E-state index is -1.69. The number of aliphatic hydroxyl groups excluding tert-OH is 1. The molecule has 0 aliphatic rings. The first-order valence-corrected chi connectivity index (χ1v) is 10.3. The first kappa shape index (κ1) is 29.7. The van der Waals surface area contributed by atoms with Gasteiger partial charge < -0.3 is 42.7 Å². The van der Waals surface area contributed by atoms with Gasteiger partial charge in [-0.05, 0) is 19.3 Å². The molecule has 14 heteroatoms. The number of carboxylic acids is 2. The van der Waals surface area contributed by atoms with E-state index in [4.69, 9.17) is 16.6 Å². The summed E-state index contributed by atoms with van der Waals surface area (Å²) in [5.74, 6) is -7.03. The number of carbonyl (C=O) groups excluding carboxylic acids is 4. The number of amides is 4. The molecule has 0 aromatic carbocycles. The SMILES string of the molecule is CCC(C)C(NC(=O)C(CC(=O)O)NC(=O)C(NC(=O)C(N)CCC(N)=O)C(C)O)C(=O)O. The van der Waals surface area contributed by atoms with Crippen LogP contribution >= 0.6 is 0 Å². The lowest BCUT2D eigenvalue weighted by atomic mass is 9.98. The second-order valence-electron chi connectivity index (χ2n) is 7.71. The molecule has 0 saturated heterocycles. The monoisotopic (exact) mass is 475 g/mol. The number of hydrogen-bond acceptors (Lipinski definition) is 8. The van der Waals surface area contributed by atoms with E-state index in [2.05, 4.69) is 16.0 Å². The number of carbonyl (C=O) groups is 6. The first-order valence-electron chi connectivity index (χ1n) is 10.3. The molecule has 0 rings (SSSR count). The van der Waals surface area contributed by atoms with E-state index < -0.39 is 78.2 Å². The van der Waals surface area contributed by atoms with Crippen molar-refractivity contribution in [1.29, 1.82) is 0 Å². The molecule has 0 radical (unpaired) electrons. The van der Waals surface area contributed by atoms with Crippen LogP contribution in [0.5, 0.6) is 0 Å². The van der Waals surface area contributed by atoms with Crippen molar-refractivity contribution in [2.45, 2.75) is 76.7 Å². The number of carboxylic acid groups (broad SMARTS) is 2. The fourth-order valence-corrected chi connectivity index (χ4v) is 2.68. The summed E-state index contributed by atoms with van der Waals surface area (Å²) >= 11 is 0. The molecule has 0 aromatic rings. The van der Waals surface area contributed by atoms with Gasteiger partial charge in [-0.2, -0.15) is 0 Å². The third-order valence-electron chi connectivity index (χ3n) is 4.89. The van der Waals surface area contributed by atoms with Gasteiger partial charge in [-0.1, -0.05) is 20.3 Å². The fourth-order valence-electron chi connectivity index (χ4n) is 2.68. The number of nitrogens with two attached hydrogens (primary N) is 2. The molecule has 0 fully saturated rings. The number of nitrogens with one attached hydrogen (secondary N) is 3. The Morgan fingerprint density at radius 2 is 1.42 bits per heavy atom. The minimum absolute atomic E-state index is 0.119. The molecule has 0 aliphatic heterocycles. The molecule has 4 amide bonds. The predicted molar refractivity (Wildman–Crippen MR) is 113 cm³/mol. The Bertz CT molecular complexity index is 743. The second kappa shape index (κ2) is 14.0. The third-order valence-corrected chi connectivity index (χ3v) is 4.89. The number of primary amides is 1. The highest BCUT2D eigenvalue weighted by molar-refractivity contribution is 5.96. The Morgan fingerprint density at radius 1 is 0.879 bits per heavy atom. The molecule has 6 unspecified atom stereocenters. The smallest absolute Gasteiger partial charge is 0.326 e. The Balaban J connectivity index is 5.46. The lowest BCUT2D eigenvalue weighted by Gasteiger charge is -2.26. The highest BCUT2D eigenvalue weighted by atomic mass is 16.4. The lowest BCUT2D eigenvalue weighted by molar-refractivity contribution is -0.145. The van der Waals surface area contributed by atoms with Gasteiger partial charge in [0.25, 0.3) is 0 Å². The van der Waals surface area contributed by atoms with Crippen molar-refractivity contribution in [1.82, 2.24) is 16.0 Å². The van der Waals surface area contributed by atoms with Crippen LogP contribution in [0.25, 0.3) is 0 Å². The highest BCUT2D eigenvalue weighted by Crippen LogP contribution is 2.09. The van der Waals surface area contributed by atoms with Gasteiger partial charge in [0.15, 0.2) is 0 Å². The van der Waals surface area contributed by atoms with Crippen molar-refractivity contribution in [3.05, 3.63) is 0 Å². The van der Waals surface area contributed by atoms with Crippen LogP contribution in [0.3, 0.4) is 0 Å². The van der Waals surface area contributed by atoms with Gasteiger partial charge in [-0.15, -0.1) is 0 Å². The fraction of sp³-hybridized carbons (Fsp3) is 0.684. The Labute approximate surface area is 190 Å². The minimum Gasteiger partial charge on any atom is -0.481 e. The predicted octanol–water partition coefficient (Wildman–Crippen LogP) is -2.98. The van der Waals surface area contributed by atoms with Crippen molar-refractivity contribution in [2.75, 3.05) is 0 Å². The van der Waals surface area contributed by atoms with Gasteiger partial charge in [-0.25, -0.2) is 4.79 Å². The standard InChI is InChI=1S/C19H33N5O9/c1-4-8(2)14(19(32)33)23-17(30)11(7-13(27)28)22-18(31)15(9(3)25)24-16(29)10(20)5-6-12(21)26/h8-11,14-15,25H,4-7,20H2,1-3H3,(H2,21,26)(H,22,31)(H,23,30)(H,24,29)(H,27,28)(H,32,33). The van der Waals surface area contributed by atoms with E-state index in [1.807, 2.05) is 0 Å². The van der Waals surface area contributed by atoms with E-state index >= 15 is 0 Å². The number of rotatable bonds is 15. The van der Waals surface area contributed by atoms with Crippen LogP contribution in [-0.2, 0) is 28.8 Å². The molecule has 14 nitrogen and oxygen atoms in total. The maximum absolute atomic E-state index is 12.6. The molecule has 188 valence electrons. The first-order chi connectivity index (χ1) is 15.2. The Kier molecular flexibility index (Phi) is 12.6. The molecular weight excluding hydrogens is 442 g/mol. The Morgan fingerprint density at radius 3 is 1.85 bits per heavy atom. The van der Waals surface area contributed by atoms with Crippen LogP contribution in [0.15, 0.2) is 0 Å². The van der Waals surface area contributed by atoms with Crippen molar-refractivity contribution in [3.8, 4) is 0 Å². The van der Waals surface area contributed by atoms with Crippen LogP contribution in [0.4, 0.5) is 0 Å². The van der Waals surface area contributed by atoms with Crippen LogP contribution in [0, 0.1) is 5.92 Å². The van der Waals surface area contributed by atoms with Gasteiger partial charge in [0, 0.05) is 6.42 Å². The van der Waals surface area contributed by atoms with E-state index in [0.29, 0.717) is 6.42 Å². The van der Waals surface area contributed by atoms with Crippen molar-refractivity contribution in [3.63, 3.8) is 0 Å². The lowest BCUT2D eigenvalue weighted by Crippen LogP contribution is -2.60. The third kappa shape index (κ3) is 10.7. The van der Waals surface area contributed by atoms with Gasteiger partial charge in [0.05, 0.1) is 18.6 Å². The molecule has 0 heterocycles. The molecule has 0 aliphatic carbocycles. The van der Waals surface area contributed by atoms with E-state index in [-0.39, 0.29) is 12.8 Å². The zero-order chi connectivity index (χ0) is 25.9. The second-order valence-corrected chi connectivity index (χ2v) is 7.71.